The second-order valence-corrected chi connectivity index (χ2v) is 5.14. The molecule has 0 saturated carbocycles. The lowest BCUT2D eigenvalue weighted by Crippen LogP contribution is -2.15. The lowest BCUT2D eigenvalue weighted by Gasteiger charge is -2.16. The molecule has 1 unspecified atom stereocenters. The summed E-state index contributed by atoms with van der Waals surface area (Å²) in [6.07, 6.45) is 2.98. The molecule has 0 aliphatic heterocycles. The fourth-order valence-corrected chi connectivity index (χ4v) is 1.95. The van der Waals surface area contributed by atoms with Crippen molar-refractivity contribution in [3.63, 3.8) is 0 Å². The molecular weight excluding hydrogens is 236 g/mol. The molecule has 0 bridgehead atoms. The van der Waals surface area contributed by atoms with Crippen LogP contribution in [-0.4, -0.2) is 16.1 Å². The Balaban J connectivity index is 2.69. The van der Waals surface area contributed by atoms with Crippen LogP contribution in [0, 0.1) is 5.92 Å². The molecule has 1 heterocycles. The standard InChI is InChI=1S/C13H21ClN2O/c1-5-6-12-15-11(14)8-13(16-12)17-10(4)7-9(2)3/h8-10H,5-7H2,1-4H3. The van der Waals surface area contributed by atoms with Gasteiger partial charge in [0.15, 0.2) is 0 Å². The molecule has 0 amide bonds. The quantitative estimate of drug-likeness (QED) is 0.724. The highest BCUT2D eigenvalue weighted by atomic mass is 35.5. The summed E-state index contributed by atoms with van der Waals surface area (Å²) >= 11 is 5.94. The van der Waals surface area contributed by atoms with Gasteiger partial charge < -0.3 is 4.74 Å². The maximum absolute atomic E-state index is 5.94. The first-order valence-corrected chi connectivity index (χ1v) is 6.59. The molecule has 4 heteroatoms. The Morgan fingerprint density at radius 3 is 2.59 bits per heavy atom. The minimum Gasteiger partial charge on any atom is -0.475 e. The van der Waals surface area contributed by atoms with Gasteiger partial charge >= 0.3 is 0 Å². The van der Waals surface area contributed by atoms with E-state index in [-0.39, 0.29) is 6.10 Å². The van der Waals surface area contributed by atoms with E-state index in [2.05, 4.69) is 37.7 Å². The molecular formula is C13H21ClN2O. The van der Waals surface area contributed by atoms with Gasteiger partial charge in [0.1, 0.15) is 11.0 Å². The monoisotopic (exact) mass is 256 g/mol. The molecule has 1 aromatic heterocycles. The first-order chi connectivity index (χ1) is 8.01. The lowest BCUT2D eigenvalue weighted by molar-refractivity contribution is 0.185. The van der Waals surface area contributed by atoms with Crippen LogP contribution in [0.5, 0.6) is 5.88 Å². The summed E-state index contributed by atoms with van der Waals surface area (Å²) in [7, 11) is 0. The van der Waals surface area contributed by atoms with E-state index in [1.54, 1.807) is 6.07 Å². The van der Waals surface area contributed by atoms with Gasteiger partial charge in [0.25, 0.3) is 0 Å². The zero-order valence-electron chi connectivity index (χ0n) is 11.0. The molecule has 3 nitrogen and oxygen atoms in total. The summed E-state index contributed by atoms with van der Waals surface area (Å²) in [5, 5.41) is 0.454. The van der Waals surface area contributed by atoms with Crippen LogP contribution in [0.2, 0.25) is 5.15 Å². The summed E-state index contributed by atoms with van der Waals surface area (Å²) in [4.78, 5) is 8.52. The van der Waals surface area contributed by atoms with Crippen LogP contribution in [-0.2, 0) is 6.42 Å². The van der Waals surface area contributed by atoms with E-state index in [9.17, 15) is 0 Å². The number of halogens is 1. The minimum absolute atomic E-state index is 0.149. The average molecular weight is 257 g/mol. The van der Waals surface area contributed by atoms with Crippen molar-refractivity contribution in [2.75, 3.05) is 0 Å². The van der Waals surface area contributed by atoms with Crippen molar-refractivity contribution in [3.05, 3.63) is 17.0 Å². The van der Waals surface area contributed by atoms with Gasteiger partial charge in [-0.1, -0.05) is 32.4 Å². The normalized spacial score (nSPS) is 12.8. The molecule has 17 heavy (non-hydrogen) atoms. The van der Waals surface area contributed by atoms with Crippen molar-refractivity contribution in [1.29, 1.82) is 0 Å². The summed E-state index contributed by atoms with van der Waals surface area (Å²) in [6, 6.07) is 1.68. The van der Waals surface area contributed by atoms with E-state index >= 15 is 0 Å². The van der Waals surface area contributed by atoms with Crippen molar-refractivity contribution in [3.8, 4) is 5.88 Å². The Kier molecular flexibility index (Phi) is 5.69. The maximum atomic E-state index is 5.94. The average Bonchev–Trinajstić information content (AvgIpc) is 2.14. The predicted octanol–water partition coefficient (Wildman–Crippen LogP) is 3.90. The van der Waals surface area contributed by atoms with E-state index < -0.39 is 0 Å². The molecule has 0 fully saturated rings. The first-order valence-electron chi connectivity index (χ1n) is 6.21. The summed E-state index contributed by atoms with van der Waals surface area (Å²) < 4.78 is 5.76. The minimum atomic E-state index is 0.149. The van der Waals surface area contributed by atoms with E-state index in [1.807, 2.05) is 0 Å². The Hall–Kier alpha value is -0.830. The summed E-state index contributed by atoms with van der Waals surface area (Å²) in [6.45, 7) is 8.49. The number of aromatic nitrogens is 2. The van der Waals surface area contributed by atoms with E-state index in [1.165, 1.54) is 0 Å². The number of nitrogens with zero attached hydrogens (tertiary/aromatic N) is 2. The van der Waals surface area contributed by atoms with Crippen molar-refractivity contribution in [2.45, 2.75) is 53.1 Å². The topological polar surface area (TPSA) is 35.0 Å². The van der Waals surface area contributed by atoms with E-state index in [0.717, 1.165) is 25.1 Å². The van der Waals surface area contributed by atoms with E-state index in [0.29, 0.717) is 17.0 Å². The van der Waals surface area contributed by atoms with Gasteiger partial charge in [-0.25, -0.2) is 4.98 Å². The number of hydrogen-bond acceptors (Lipinski definition) is 3. The van der Waals surface area contributed by atoms with Gasteiger partial charge in [-0.2, -0.15) is 4.98 Å². The number of ether oxygens (including phenoxy) is 1. The van der Waals surface area contributed by atoms with Crippen LogP contribution in [0.15, 0.2) is 6.07 Å². The molecule has 0 aliphatic carbocycles. The Morgan fingerprint density at radius 2 is 2.00 bits per heavy atom. The summed E-state index contributed by atoms with van der Waals surface area (Å²) in [5.74, 6) is 1.95. The van der Waals surface area contributed by atoms with Crippen LogP contribution in [0.1, 0.15) is 46.4 Å². The maximum Gasteiger partial charge on any atom is 0.218 e. The van der Waals surface area contributed by atoms with Gasteiger partial charge in [-0.3, -0.25) is 0 Å². The fourth-order valence-electron chi connectivity index (χ4n) is 1.76. The van der Waals surface area contributed by atoms with Crippen LogP contribution < -0.4 is 4.74 Å². The molecule has 0 saturated heterocycles. The van der Waals surface area contributed by atoms with Gasteiger partial charge in [0.05, 0.1) is 6.10 Å². The highest BCUT2D eigenvalue weighted by molar-refractivity contribution is 6.29. The zero-order chi connectivity index (χ0) is 12.8. The fraction of sp³-hybridized carbons (Fsp3) is 0.692. The molecule has 0 aliphatic rings. The second kappa shape index (κ2) is 6.80. The van der Waals surface area contributed by atoms with Crippen LogP contribution >= 0.6 is 11.6 Å². The lowest BCUT2D eigenvalue weighted by atomic mass is 10.1. The van der Waals surface area contributed by atoms with Crippen molar-refractivity contribution >= 4 is 11.6 Å². The molecule has 1 aromatic rings. The van der Waals surface area contributed by atoms with Gasteiger partial charge in [0, 0.05) is 12.5 Å². The SMILES string of the molecule is CCCc1nc(Cl)cc(OC(C)CC(C)C)n1. The molecule has 0 radical (unpaired) electrons. The van der Waals surface area contributed by atoms with Crippen LogP contribution in [0.3, 0.4) is 0 Å². The smallest absolute Gasteiger partial charge is 0.218 e. The predicted molar refractivity (Wildman–Crippen MR) is 70.6 cm³/mol. The van der Waals surface area contributed by atoms with Gasteiger partial charge in [-0.15, -0.1) is 0 Å². The van der Waals surface area contributed by atoms with Crippen molar-refractivity contribution in [2.24, 2.45) is 5.92 Å². The molecule has 96 valence electrons. The third-order valence-electron chi connectivity index (χ3n) is 2.32. The van der Waals surface area contributed by atoms with Crippen molar-refractivity contribution in [1.82, 2.24) is 9.97 Å². The molecule has 0 aromatic carbocycles. The molecule has 1 atom stereocenters. The number of aryl methyl sites for hydroxylation is 1. The molecule has 0 spiro atoms. The highest BCUT2D eigenvalue weighted by Crippen LogP contribution is 2.18. The Bertz CT molecular complexity index is 355. The van der Waals surface area contributed by atoms with Crippen LogP contribution in [0.25, 0.3) is 0 Å². The van der Waals surface area contributed by atoms with Crippen molar-refractivity contribution < 1.29 is 4.74 Å². The summed E-state index contributed by atoms with van der Waals surface area (Å²) in [5.41, 5.74) is 0. The number of rotatable bonds is 6. The third-order valence-corrected chi connectivity index (χ3v) is 2.51. The van der Waals surface area contributed by atoms with E-state index in [4.69, 9.17) is 16.3 Å². The molecule has 1 rings (SSSR count). The second-order valence-electron chi connectivity index (χ2n) is 4.75. The highest BCUT2D eigenvalue weighted by Gasteiger charge is 2.09. The van der Waals surface area contributed by atoms with Gasteiger partial charge in [-0.05, 0) is 25.7 Å². The number of hydrogen-bond donors (Lipinski definition) is 0. The van der Waals surface area contributed by atoms with Crippen LogP contribution in [0.4, 0.5) is 0 Å². The third kappa shape index (κ3) is 5.35. The first kappa shape index (κ1) is 14.2. The zero-order valence-corrected chi connectivity index (χ0v) is 11.8. The largest absolute Gasteiger partial charge is 0.475 e. The molecule has 0 N–H and O–H groups in total. The van der Waals surface area contributed by atoms with Gasteiger partial charge in [0.2, 0.25) is 5.88 Å². The Morgan fingerprint density at radius 1 is 1.29 bits per heavy atom. The Labute approximate surface area is 109 Å².